The van der Waals surface area contributed by atoms with Gasteiger partial charge in [0.1, 0.15) is 5.71 Å². The number of carbonyl (C=O) groups excluding carboxylic acids is 1. The minimum Gasteiger partial charge on any atom is -0.411 e. The Morgan fingerprint density at radius 3 is 2.47 bits per heavy atom. The molecule has 160 valence electrons. The molecule has 1 aromatic carbocycles. The van der Waals surface area contributed by atoms with Crippen molar-refractivity contribution in [3.8, 4) is 0 Å². The molecule has 0 spiro atoms. The van der Waals surface area contributed by atoms with Crippen LogP contribution in [0.15, 0.2) is 41.7 Å². The molecule has 0 saturated carbocycles. The summed E-state index contributed by atoms with van der Waals surface area (Å²) < 4.78 is 1.85. The van der Waals surface area contributed by atoms with Crippen LogP contribution in [0, 0.1) is 0 Å². The molecule has 8 heteroatoms. The molecule has 4 rings (SSSR count). The third-order valence-corrected chi connectivity index (χ3v) is 6.32. The standard InChI is InChI=1S/C22H28ClN5O2/c1-25-11-7-19-21(25)20(24-30)8-12-28(22(19)29)10-2-9-26-13-15-27(16-14-26)18-5-3-17(23)4-6-18/h3-7,11,30H,2,8-10,12-16H2,1H3/b24-20-. The summed E-state index contributed by atoms with van der Waals surface area (Å²) in [6.07, 6.45) is 3.34. The van der Waals surface area contributed by atoms with Crippen molar-refractivity contribution >= 4 is 28.9 Å². The quantitative estimate of drug-likeness (QED) is 0.586. The Balaban J connectivity index is 1.28. The summed E-state index contributed by atoms with van der Waals surface area (Å²) >= 11 is 5.99. The van der Waals surface area contributed by atoms with E-state index in [0.717, 1.165) is 49.9 Å². The molecule has 1 N–H and O–H groups in total. The number of carbonyl (C=O) groups is 1. The highest BCUT2D eigenvalue weighted by Gasteiger charge is 2.28. The van der Waals surface area contributed by atoms with Gasteiger partial charge >= 0.3 is 0 Å². The first-order chi connectivity index (χ1) is 14.6. The molecule has 1 aromatic heterocycles. The highest BCUT2D eigenvalue weighted by atomic mass is 35.5. The van der Waals surface area contributed by atoms with E-state index in [1.54, 1.807) is 0 Å². The highest BCUT2D eigenvalue weighted by molar-refractivity contribution is 6.30. The molecule has 3 heterocycles. The Hall–Kier alpha value is -2.51. The maximum Gasteiger partial charge on any atom is 0.256 e. The zero-order chi connectivity index (χ0) is 21.1. The number of fused-ring (bicyclic) bond motifs is 1. The van der Waals surface area contributed by atoms with Crippen molar-refractivity contribution < 1.29 is 10.0 Å². The Labute approximate surface area is 182 Å². The molecule has 30 heavy (non-hydrogen) atoms. The van der Waals surface area contributed by atoms with Crippen LogP contribution in [-0.2, 0) is 7.05 Å². The molecule has 2 aliphatic rings. The number of anilines is 1. The van der Waals surface area contributed by atoms with Crippen LogP contribution in [0.3, 0.4) is 0 Å². The van der Waals surface area contributed by atoms with E-state index in [1.165, 1.54) is 5.69 Å². The first-order valence-electron chi connectivity index (χ1n) is 10.5. The molecule has 2 aromatic rings. The number of rotatable bonds is 5. The van der Waals surface area contributed by atoms with Crippen molar-refractivity contribution in [3.05, 3.63) is 52.8 Å². The number of piperazine rings is 1. The minimum absolute atomic E-state index is 0.0248. The summed E-state index contributed by atoms with van der Waals surface area (Å²) in [6, 6.07) is 9.84. The van der Waals surface area contributed by atoms with E-state index in [1.807, 2.05) is 40.9 Å². The predicted molar refractivity (Wildman–Crippen MR) is 119 cm³/mol. The monoisotopic (exact) mass is 429 g/mol. The normalized spacial score (nSPS) is 19.3. The molecule has 0 aliphatic carbocycles. The average Bonchev–Trinajstić information content (AvgIpc) is 3.08. The third kappa shape index (κ3) is 4.32. The number of hydrogen-bond acceptors (Lipinski definition) is 5. The molecule has 0 radical (unpaired) electrons. The first kappa shape index (κ1) is 20.8. The van der Waals surface area contributed by atoms with Gasteiger partial charge in [0.15, 0.2) is 0 Å². The lowest BCUT2D eigenvalue weighted by molar-refractivity contribution is 0.0755. The van der Waals surface area contributed by atoms with Crippen LogP contribution < -0.4 is 4.90 Å². The second kappa shape index (κ2) is 9.10. The van der Waals surface area contributed by atoms with Gasteiger partial charge in [0.05, 0.1) is 11.3 Å². The van der Waals surface area contributed by atoms with E-state index in [4.69, 9.17) is 11.6 Å². The minimum atomic E-state index is 0.0248. The van der Waals surface area contributed by atoms with Crippen LogP contribution in [0.5, 0.6) is 0 Å². The van der Waals surface area contributed by atoms with Crippen LogP contribution in [0.1, 0.15) is 28.9 Å². The van der Waals surface area contributed by atoms with E-state index >= 15 is 0 Å². The van der Waals surface area contributed by atoms with Gasteiger partial charge in [0.2, 0.25) is 0 Å². The number of halogens is 1. The third-order valence-electron chi connectivity index (χ3n) is 6.07. The molecular weight excluding hydrogens is 402 g/mol. The Bertz CT molecular complexity index is 916. The summed E-state index contributed by atoms with van der Waals surface area (Å²) in [7, 11) is 1.87. The van der Waals surface area contributed by atoms with Crippen molar-refractivity contribution in [2.24, 2.45) is 12.2 Å². The van der Waals surface area contributed by atoms with Crippen molar-refractivity contribution in [3.63, 3.8) is 0 Å². The zero-order valence-electron chi connectivity index (χ0n) is 17.3. The summed E-state index contributed by atoms with van der Waals surface area (Å²) in [4.78, 5) is 19.7. The topological polar surface area (TPSA) is 64.3 Å². The van der Waals surface area contributed by atoms with E-state index in [9.17, 15) is 10.0 Å². The fourth-order valence-electron chi connectivity index (χ4n) is 4.37. The van der Waals surface area contributed by atoms with E-state index in [0.29, 0.717) is 30.8 Å². The number of amides is 1. The highest BCUT2D eigenvalue weighted by Crippen LogP contribution is 2.21. The van der Waals surface area contributed by atoms with E-state index in [2.05, 4.69) is 27.1 Å². The number of benzene rings is 1. The van der Waals surface area contributed by atoms with Crippen LogP contribution in [0.2, 0.25) is 5.02 Å². The zero-order valence-corrected chi connectivity index (χ0v) is 18.1. The lowest BCUT2D eigenvalue weighted by atomic mass is 10.1. The Morgan fingerprint density at radius 1 is 1.03 bits per heavy atom. The fraction of sp³-hybridized carbons (Fsp3) is 0.455. The van der Waals surface area contributed by atoms with Gasteiger partial charge in [-0.15, -0.1) is 0 Å². The smallest absolute Gasteiger partial charge is 0.256 e. The summed E-state index contributed by atoms with van der Waals surface area (Å²) in [6.45, 7) is 6.28. The lowest BCUT2D eigenvalue weighted by Gasteiger charge is -2.36. The number of aromatic nitrogens is 1. The molecule has 1 amide bonds. The molecular formula is C22H28ClN5O2. The largest absolute Gasteiger partial charge is 0.411 e. The van der Waals surface area contributed by atoms with Crippen molar-refractivity contribution in [2.75, 3.05) is 50.7 Å². The summed E-state index contributed by atoms with van der Waals surface area (Å²) in [5.41, 5.74) is 3.14. The first-order valence-corrected chi connectivity index (χ1v) is 10.8. The van der Waals surface area contributed by atoms with Gasteiger partial charge in [0.25, 0.3) is 5.91 Å². The summed E-state index contributed by atoms with van der Waals surface area (Å²) in [5, 5.41) is 13.6. The van der Waals surface area contributed by atoms with Gasteiger partial charge in [-0.1, -0.05) is 16.8 Å². The number of aryl methyl sites for hydroxylation is 1. The number of nitrogens with zero attached hydrogens (tertiary/aromatic N) is 5. The predicted octanol–water partition coefficient (Wildman–Crippen LogP) is 2.92. The van der Waals surface area contributed by atoms with E-state index in [-0.39, 0.29) is 5.91 Å². The molecule has 7 nitrogen and oxygen atoms in total. The second-order valence-corrected chi connectivity index (χ2v) is 8.37. The molecule has 0 bridgehead atoms. The van der Waals surface area contributed by atoms with Crippen LogP contribution in [-0.4, -0.2) is 77.0 Å². The second-order valence-electron chi connectivity index (χ2n) is 7.94. The molecule has 1 fully saturated rings. The number of hydrogen-bond donors (Lipinski definition) is 1. The SMILES string of the molecule is Cn1ccc2c1/C(=N\O)CCN(CCCN1CCN(c3ccc(Cl)cc3)CC1)C2=O. The Kier molecular flexibility index (Phi) is 6.29. The van der Waals surface area contributed by atoms with Gasteiger partial charge in [-0.2, -0.15) is 0 Å². The lowest BCUT2D eigenvalue weighted by Crippen LogP contribution is -2.47. The molecule has 0 unspecified atom stereocenters. The van der Waals surface area contributed by atoms with Crippen LogP contribution in [0.4, 0.5) is 5.69 Å². The summed E-state index contributed by atoms with van der Waals surface area (Å²) in [5.74, 6) is 0.0248. The van der Waals surface area contributed by atoms with Gasteiger partial charge in [-0.3, -0.25) is 9.69 Å². The average molecular weight is 430 g/mol. The van der Waals surface area contributed by atoms with Gasteiger partial charge in [-0.25, -0.2) is 0 Å². The maximum absolute atomic E-state index is 13.0. The fourth-order valence-corrected chi connectivity index (χ4v) is 4.50. The maximum atomic E-state index is 13.0. The van der Waals surface area contributed by atoms with Crippen LogP contribution >= 0.6 is 11.6 Å². The molecule has 0 atom stereocenters. The van der Waals surface area contributed by atoms with Gasteiger partial charge in [-0.05, 0) is 43.3 Å². The molecule has 1 saturated heterocycles. The van der Waals surface area contributed by atoms with Gasteiger partial charge < -0.3 is 19.6 Å². The number of oxime groups is 1. The van der Waals surface area contributed by atoms with Crippen molar-refractivity contribution in [1.29, 1.82) is 0 Å². The van der Waals surface area contributed by atoms with Crippen LogP contribution in [0.25, 0.3) is 0 Å². The Morgan fingerprint density at radius 2 is 1.77 bits per heavy atom. The van der Waals surface area contributed by atoms with Crippen molar-refractivity contribution in [1.82, 2.24) is 14.4 Å². The van der Waals surface area contributed by atoms with E-state index < -0.39 is 0 Å². The molecule has 2 aliphatic heterocycles. The van der Waals surface area contributed by atoms with Gasteiger partial charge in [0, 0.05) is 69.6 Å². The van der Waals surface area contributed by atoms with Crippen molar-refractivity contribution in [2.45, 2.75) is 12.8 Å².